The number of fused-ring (bicyclic) bond motifs is 1. The van der Waals surface area contributed by atoms with Crippen molar-refractivity contribution in [2.45, 2.75) is 42.8 Å². The van der Waals surface area contributed by atoms with Crippen LogP contribution in [0.2, 0.25) is 0 Å². The van der Waals surface area contributed by atoms with Gasteiger partial charge in [-0.2, -0.15) is 0 Å². The Hall–Kier alpha value is -1.62. The van der Waals surface area contributed by atoms with E-state index < -0.39 is 0 Å². The summed E-state index contributed by atoms with van der Waals surface area (Å²) in [5, 5.41) is 0. The van der Waals surface area contributed by atoms with Gasteiger partial charge in [0.15, 0.2) is 0 Å². The minimum absolute atomic E-state index is 0.218. The number of thioether (sulfide) groups is 1. The van der Waals surface area contributed by atoms with Crippen LogP contribution in [0, 0.1) is 5.82 Å². The van der Waals surface area contributed by atoms with Crippen molar-refractivity contribution in [2.75, 3.05) is 5.73 Å². The van der Waals surface area contributed by atoms with Crippen LogP contribution in [0.3, 0.4) is 0 Å². The second-order valence-electron chi connectivity index (χ2n) is 5.25. The summed E-state index contributed by atoms with van der Waals surface area (Å²) in [6.45, 7) is 0. The third-order valence-corrected chi connectivity index (χ3v) is 4.70. The average Bonchev–Trinajstić information content (AvgIpc) is 2.72. The highest BCUT2D eigenvalue weighted by Gasteiger charge is 2.15. The lowest BCUT2D eigenvalue weighted by molar-refractivity contribution is 0.626. The van der Waals surface area contributed by atoms with Gasteiger partial charge in [0, 0.05) is 16.2 Å². The van der Waals surface area contributed by atoms with Crippen LogP contribution in [-0.4, -0.2) is 9.97 Å². The third-order valence-electron chi connectivity index (χ3n) is 3.69. The number of aryl methyl sites for hydroxylation is 1. The lowest BCUT2D eigenvalue weighted by Crippen LogP contribution is -2.08. The van der Waals surface area contributed by atoms with E-state index >= 15 is 0 Å². The zero-order valence-corrected chi connectivity index (χ0v) is 12.6. The Morgan fingerprint density at radius 3 is 2.62 bits per heavy atom. The molecule has 3 rings (SSSR count). The molecule has 0 fully saturated rings. The lowest BCUT2D eigenvalue weighted by Gasteiger charge is -2.10. The monoisotopic (exact) mass is 303 g/mol. The molecule has 21 heavy (non-hydrogen) atoms. The molecular formula is C16H18FN3S. The van der Waals surface area contributed by atoms with Gasteiger partial charge >= 0.3 is 0 Å². The molecule has 1 heterocycles. The van der Waals surface area contributed by atoms with Crippen LogP contribution in [0.5, 0.6) is 0 Å². The number of rotatable bonds is 3. The predicted molar refractivity (Wildman–Crippen MR) is 83.7 cm³/mol. The van der Waals surface area contributed by atoms with Crippen molar-refractivity contribution >= 4 is 17.6 Å². The molecular weight excluding hydrogens is 285 g/mol. The largest absolute Gasteiger partial charge is 0.383 e. The highest BCUT2D eigenvalue weighted by Crippen LogP contribution is 2.26. The second kappa shape index (κ2) is 6.43. The topological polar surface area (TPSA) is 51.8 Å². The van der Waals surface area contributed by atoms with Crippen molar-refractivity contribution in [3.63, 3.8) is 0 Å². The molecule has 0 atom stereocenters. The number of halogens is 1. The van der Waals surface area contributed by atoms with Crippen molar-refractivity contribution < 1.29 is 4.39 Å². The Kier molecular flexibility index (Phi) is 4.39. The number of anilines is 1. The number of benzene rings is 1. The van der Waals surface area contributed by atoms with Gasteiger partial charge in [0.25, 0.3) is 0 Å². The Morgan fingerprint density at radius 2 is 1.81 bits per heavy atom. The number of aromatic nitrogens is 2. The fourth-order valence-corrected chi connectivity index (χ4v) is 3.35. The molecule has 0 saturated carbocycles. The van der Waals surface area contributed by atoms with Crippen molar-refractivity contribution in [1.82, 2.24) is 9.97 Å². The lowest BCUT2D eigenvalue weighted by atomic mass is 10.1. The molecule has 1 aliphatic rings. The van der Waals surface area contributed by atoms with E-state index in [4.69, 9.17) is 5.73 Å². The first kappa shape index (κ1) is 14.3. The fourth-order valence-electron chi connectivity index (χ4n) is 2.60. The molecule has 0 aliphatic heterocycles. The normalized spacial score (nSPS) is 14.5. The number of hydrogen-bond donors (Lipinski definition) is 1. The van der Waals surface area contributed by atoms with Gasteiger partial charge in [0.1, 0.15) is 17.5 Å². The van der Waals surface area contributed by atoms with Gasteiger partial charge in [-0.25, -0.2) is 14.4 Å². The van der Waals surface area contributed by atoms with E-state index in [2.05, 4.69) is 9.97 Å². The molecule has 1 aromatic heterocycles. The summed E-state index contributed by atoms with van der Waals surface area (Å²) in [4.78, 5) is 10.1. The first-order valence-corrected chi connectivity index (χ1v) is 8.23. The van der Waals surface area contributed by atoms with Crippen molar-refractivity contribution in [2.24, 2.45) is 0 Å². The van der Waals surface area contributed by atoms with Gasteiger partial charge in [-0.1, -0.05) is 6.42 Å². The molecule has 0 amide bonds. The minimum Gasteiger partial charge on any atom is -0.383 e. The molecule has 0 bridgehead atoms. The molecule has 3 nitrogen and oxygen atoms in total. The van der Waals surface area contributed by atoms with E-state index in [0.29, 0.717) is 11.6 Å². The minimum atomic E-state index is -0.218. The van der Waals surface area contributed by atoms with Crippen LogP contribution in [0.15, 0.2) is 29.2 Å². The van der Waals surface area contributed by atoms with Gasteiger partial charge in [-0.15, -0.1) is 11.8 Å². The SMILES string of the molecule is Nc1nc(CSc2ccc(F)cc2)nc2c1CCCCC2. The molecule has 0 saturated heterocycles. The van der Waals surface area contributed by atoms with Crippen LogP contribution >= 0.6 is 11.8 Å². The number of nitrogens with zero attached hydrogens (tertiary/aromatic N) is 2. The van der Waals surface area contributed by atoms with Crippen molar-refractivity contribution in [3.8, 4) is 0 Å². The molecule has 1 aliphatic carbocycles. The summed E-state index contributed by atoms with van der Waals surface area (Å²) in [6.07, 6.45) is 5.57. The molecule has 2 aromatic rings. The Bertz CT molecular complexity index is 628. The van der Waals surface area contributed by atoms with E-state index in [1.54, 1.807) is 23.9 Å². The van der Waals surface area contributed by atoms with Crippen molar-refractivity contribution in [1.29, 1.82) is 0 Å². The first-order valence-electron chi connectivity index (χ1n) is 7.25. The molecule has 0 spiro atoms. The highest BCUT2D eigenvalue weighted by atomic mass is 32.2. The van der Waals surface area contributed by atoms with E-state index in [1.165, 1.54) is 31.4 Å². The summed E-state index contributed by atoms with van der Waals surface area (Å²) < 4.78 is 12.9. The molecule has 110 valence electrons. The highest BCUT2D eigenvalue weighted by molar-refractivity contribution is 7.98. The molecule has 5 heteroatoms. The smallest absolute Gasteiger partial charge is 0.141 e. The van der Waals surface area contributed by atoms with Gasteiger partial charge < -0.3 is 5.73 Å². The van der Waals surface area contributed by atoms with Gasteiger partial charge in [-0.05, 0) is 49.9 Å². The number of nitrogens with two attached hydrogens (primary N) is 1. The second-order valence-corrected chi connectivity index (χ2v) is 6.30. The zero-order chi connectivity index (χ0) is 14.7. The van der Waals surface area contributed by atoms with Crippen LogP contribution in [0.1, 0.15) is 36.3 Å². The molecule has 2 N–H and O–H groups in total. The zero-order valence-electron chi connectivity index (χ0n) is 11.8. The Morgan fingerprint density at radius 1 is 1.05 bits per heavy atom. The molecule has 0 radical (unpaired) electrons. The summed E-state index contributed by atoms with van der Waals surface area (Å²) in [7, 11) is 0. The molecule has 1 aromatic carbocycles. The first-order chi connectivity index (χ1) is 10.2. The molecule has 0 unspecified atom stereocenters. The predicted octanol–water partition coefficient (Wildman–Crippen LogP) is 3.76. The Balaban J connectivity index is 1.75. The number of hydrogen-bond acceptors (Lipinski definition) is 4. The van der Waals surface area contributed by atoms with Gasteiger partial charge in [0.05, 0.1) is 5.75 Å². The van der Waals surface area contributed by atoms with E-state index in [-0.39, 0.29) is 5.82 Å². The van der Waals surface area contributed by atoms with Gasteiger partial charge in [0.2, 0.25) is 0 Å². The quantitative estimate of drug-likeness (QED) is 0.693. The standard InChI is InChI=1S/C16H18FN3S/c17-11-6-8-12(9-7-11)21-10-15-19-14-5-3-1-2-4-13(14)16(18)20-15/h6-9H,1-5,10H2,(H2,18,19,20). The van der Waals surface area contributed by atoms with E-state index in [0.717, 1.165) is 34.8 Å². The maximum Gasteiger partial charge on any atom is 0.141 e. The van der Waals surface area contributed by atoms with Crippen LogP contribution in [-0.2, 0) is 18.6 Å². The fraction of sp³-hybridized carbons (Fsp3) is 0.375. The van der Waals surface area contributed by atoms with Crippen LogP contribution in [0.4, 0.5) is 10.2 Å². The Labute approximate surface area is 128 Å². The van der Waals surface area contributed by atoms with Gasteiger partial charge in [-0.3, -0.25) is 0 Å². The maximum atomic E-state index is 12.9. The average molecular weight is 303 g/mol. The van der Waals surface area contributed by atoms with Crippen LogP contribution < -0.4 is 5.73 Å². The number of nitrogen functional groups attached to an aromatic ring is 1. The van der Waals surface area contributed by atoms with Crippen LogP contribution in [0.25, 0.3) is 0 Å². The van der Waals surface area contributed by atoms with E-state index in [9.17, 15) is 4.39 Å². The summed E-state index contributed by atoms with van der Waals surface area (Å²) in [6, 6.07) is 6.47. The summed E-state index contributed by atoms with van der Waals surface area (Å²) >= 11 is 1.60. The summed E-state index contributed by atoms with van der Waals surface area (Å²) in [5.74, 6) is 1.84. The maximum absolute atomic E-state index is 12.9. The third kappa shape index (κ3) is 3.53. The van der Waals surface area contributed by atoms with E-state index in [1.807, 2.05) is 0 Å². The van der Waals surface area contributed by atoms with Crippen molar-refractivity contribution in [3.05, 3.63) is 47.2 Å². The summed E-state index contributed by atoms with van der Waals surface area (Å²) in [5.41, 5.74) is 8.35.